The maximum Gasteiger partial charge on any atom is 0.251 e. The van der Waals surface area contributed by atoms with E-state index in [0.717, 1.165) is 18.7 Å². The molecule has 0 bridgehead atoms. The summed E-state index contributed by atoms with van der Waals surface area (Å²) in [6.45, 7) is 2.42. The quantitative estimate of drug-likeness (QED) is 0.453. The Balaban J connectivity index is 1.32. The van der Waals surface area contributed by atoms with Gasteiger partial charge in [0.1, 0.15) is 0 Å². The van der Waals surface area contributed by atoms with Gasteiger partial charge in [-0.1, -0.05) is 29.4 Å². The number of benzene rings is 2. The fraction of sp³-hybridized carbons (Fsp3) is 0.292. The van der Waals surface area contributed by atoms with Gasteiger partial charge in [0.2, 0.25) is 5.89 Å². The zero-order chi connectivity index (χ0) is 21.6. The van der Waals surface area contributed by atoms with Crippen molar-refractivity contribution in [3.05, 3.63) is 83.6 Å². The third-order valence-corrected chi connectivity index (χ3v) is 5.16. The first-order valence-electron chi connectivity index (χ1n) is 10.5. The minimum Gasteiger partial charge on any atom is -0.352 e. The van der Waals surface area contributed by atoms with Crippen LogP contribution in [0.25, 0.3) is 10.9 Å². The first-order valence-corrected chi connectivity index (χ1v) is 10.5. The van der Waals surface area contributed by atoms with E-state index in [1.807, 2.05) is 18.2 Å². The summed E-state index contributed by atoms with van der Waals surface area (Å²) in [7, 11) is 4.17. The summed E-state index contributed by atoms with van der Waals surface area (Å²) in [6, 6.07) is 17.7. The number of fused-ring (bicyclic) bond motifs is 1. The molecule has 4 aromatic rings. The molecule has 1 amide bonds. The monoisotopic (exact) mass is 417 g/mol. The Hall–Kier alpha value is -3.45. The Labute approximate surface area is 181 Å². The smallest absolute Gasteiger partial charge is 0.251 e. The number of carbonyl (C=O) groups excluding carboxylic acids is 1. The average Bonchev–Trinajstić information content (AvgIpc) is 3.39. The van der Waals surface area contributed by atoms with Crippen molar-refractivity contribution in [1.82, 2.24) is 24.9 Å². The second kappa shape index (κ2) is 9.57. The van der Waals surface area contributed by atoms with Gasteiger partial charge in [-0.2, -0.15) is 4.98 Å². The van der Waals surface area contributed by atoms with E-state index in [-0.39, 0.29) is 5.91 Å². The van der Waals surface area contributed by atoms with E-state index >= 15 is 0 Å². The van der Waals surface area contributed by atoms with E-state index in [2.05, 4.69) is 69.5 Å². The van der Waals surface area contributed by atoms with Crippen LogP contribution < -0.4 is 5.32 Å². The fourth-order valence-corrected chi connectivity index (χ4v) is 3.48. The van der Waals surface area contributed by atoms with Crippen LogP contribution in [-0.2, 0) is 19.4 Å². The zero-order valence-corrected chi connectivity index (χ0v) is 17.9. The average molecular weight is 418 g/mol. The van der Waals surface area contributed by atoms with Gasteiger partial charge in [-0.15, -0.1) is 0 Å². The topological polar surface area (TPSA) is 76.2 Å². The van der Waals surface area contributed by atoms with Gasteiger partial charge in [0.15, 0.2) is 5.82 Å². The van der Waals surface area contributed by atoms with E-state index in [1.54, 1.807) is 12.1 Å². The van der Waals surface area contributed by atoms with Gasteiger partial charge in [-0.05, 0) is 55.4 Å². The van der Waals surface area contributed by atoms with Crippen LogP contribution in [0.3, 0.4) is 0 Å². The molecule has 2 heterocycles. The molecule has 1 N–H and O–H groups in total. The van der Waals surface area contributed by atoms with Crippen LogP contribution in [0, 0.1) is 0 Å². The van der Waals surface area contributed by atoms with Crippen LogP contribution in [0.4, 0.5) is 0 Å². The molecule has 4 rings (SSSR count). The molecule has 2 aromatic heterocycles. The molecule has 160 valence electrons. The van der Waals surface area contributed by atoms with Gasteiger partial charge in [0, 0.05) is 43.3 Å². The zero-order valence-electron chi connectivity index (χ0n) is 17.9. The number of nitrogens with zero attached hydrogens (tertiary/aromatic N) is 4. The molecule has 0 spiro atoms. The summed E-state index contributed by atoms with van der Waals surface area (Å²) in [6.07, 6.45) is 3.24. The van der Waals surface area contributed by atoms with Gasteiger partial charge >= 0.3 is 0 Å². The Morgan fingerprint density at radius 2 is 1.97 bits per heavy atom. The molecule has 0 aliphatic heterocycles. The molecule has 31 heavy (non-hydrogen) atoms. The second-order valence-electron chi connectivity index (χ2n) is 7.86. The highest BCUT2D eigenvalue weighted by molar-refractivity contribution is 5.94. The number of likely N-dealkylation sites (N-methyl/N-ethyl adjacent to an activating group) is 1. The summed E-state index contributed by atoms with van der Waals surface area (Å²) in [5.74, 6) is 1.07. The van der Waals surface area contributed by atoms with Crippen LogP contribution in [0.2, 0.25) is 0 Å². The highest BCUT2D eigenvalue weighted by Crippen LogP contribution is 2.19. The van der Waals surface area contributed by atoms with Gasteiger partial charge in [-0.3, -0.25) is 4.79 Å². The van der Waals surface area contributed by atoms with Gasteiger partial charge in [0.05, 0.1) is 6.42 Å². The molecule has 0 atom stereocenters. The molecule has 0 saturated carbocycles. The number of rotatable bonds is 9. The summed E-state index contributed by atoms with van der Waals surface area (Å²) >= 11 is 0. The first-order chi connectivity index (χ1) is 15.1. The van der Waals surface area contributed by atoms with Gasteiger partial charge < -0.3 is 19.3 Å². The minimum absolute atomic E-state index is 0.102. The van der Waals surface area contributed by atoms with Crippen molar-refractivity contribution in [1.29, 1.82) is 0 Å². The van der Waals surface area contributed by atoms with Gasteiger partial charge in [-0.25, -0.2) is 0 Å². The lowest BCUT2D eigenvalue weighted by molar-refractivity contribution is 0.0954. The molecule has 7 nitrogen and oxygen atoms in total. The molecule has 0 fully saturated rings. The van der Waals surface area contributed by atoms with E-state index in [1.165, 1.54) is 10.9 Å². The SMILES string of the molecule is CN(C)CCn1ccc2cc(Cc3nc(CCNC(=O)c4ccccc4)no3)ccc21. The molecule has 0 aliphatic rings. The van der Waals surface area contributed by atoms with E-state index in [0.29, 0.717) is 36.7 Å². The van der Waals surface area contributed by atoms with Crippen LogP contribution in [0.5, 0.6) is 0 Å². The number of carbonyl (C=O) groups is 1. The fourth-order valence-electron chi connectivity index (χ4n) is 3.48. The molecule has 7 heteroatoms. The Bertz CT molecular complexity index is 1150. The molecule has 0 saturated heterocycles. The summed E-state index contributed by atoms with van der Waals surface area (Å²) in [5.41, 5.74) is 3.00. The normalized spacial score (nSPS) is 11.3. The maximum atomic E-state index is 12.1. The van der Waals surface area contributed by atoms with Crippen LogP contribution in [0.1, 0.15) is 27.6 Å². The molecule has 0 unspecified atom stereocenters. The predicted molar refractivity (Wildman–Crippen MR) is 120 cm³/mol. The predicted octanol–water partition coefficient (Wildman–Crippen LogP) is 3.15. The van der Waals surface area contributed by atoms with Gasteiger partial charge in [0.25, 0.3) is 5.91 Å². The highest BCUT2D eigenvalue weighted by Gasteiger charge is 2.10. The summed E-state index contributed by atoms with van der Waals surface area (Å²) in [4.78, 5) is 18.7. The first kappa shape index (κ1) is 20.8. The lowest BCUT2D eigenvalue weighted by Crippen LogP contribution is -2.25. The maximum absolute atomic E-state index is 12.1. The third-order valence-electron chi connectivity index (χ3n) is 5.16. The number of nitrogens with one attached hydrogen (secondary N) is 1. The van der Waals surface area contributed by atoms with Crippen molar-refractivity contribution in [2.45, 2.75) is 19.4 Å². The summed E-state index contributed by atoms with van der Waals surface area (Å²) in [5, 5.41) is 8.13. The van der Waals surface area contributed by atoms with E-state index < -0.39 is 0 Å². The highest BCUT2D eigenvalue weighted by atomic mass is 16.5. The van der Waals surface area contributed by atoms with Crippen molar-refractivity contribution in [2.24, 2.45) is 0 Å². The van der Waals surface area contributed by atoms with Crippen molar-refractivity contribution in [3.8, 4) is 0 Å². The Morgan fingerprint density at radius 3 is 2.77 bits per heavy atom. The molecule has 0 radical (unpaired) electrons. The Morgan fingerprint density at radius 1 is 1.13 bits per heavy atom. The second-order valence-corrected chi connectivity index (χ2v) is 7.86. The number of hydrogen-bond donors (Lipinski definition) is 1. The van der Waals surface area contributed by atoms with Crippen LogP contribution in [-0.4, -0.2) is 52.7 Å². The molecular formula is C24H27N5O2. The largest absolute Gasteiger partial charge is 0.352 e. The number of amides is 1. The summed E-state index contributed by atoms with van der Waals surface area (Å²) < 4.78 is 7.68. The standard InChI is InChI=1S/C24H27N5O2/c1-28(2)14-15-29-13-11-20-16-18(8-9-21(20)29)17-23-26-22(27-31-23)10-12-25-24(30)19-6-4-3-5-7-19/h3-9,11,13,16H,10,12,14-15,17H2,1-2H3,(H,25,30). The number of aromatic nitrogens is 3. The van der Waals surface area contributed by atoms with E-state index in [9.17, 15) is 4.79 Å². The Kier molecular flexibility index (Phi) is 6.43. The van der Waals surface area contributed by atoms with E-state index in [4.69, 9.17) is 4.52 Å². The van der Waals surface area contributed by atoms with Crippen molar-refractivity contribution >= 4 is 16.8 Å². The van der Waals surface area contributed by atoms with Crippen molar-refractivity contribution < 1.29 is 9.32 Å². The molecule has 0 aliphatic carbocycles. The lowest BCUT2D eigenvalue weighted by Gasteiger charge is -2.11. The van der Waals surface area contributed by atoms with Crippen molar-refractivity contribution in [3.63, 3.8) is 0 Å². The third kappa shape index (κ3) is 5.38. The molecule has 2 aromatic carbocycles. The molecular weight excluding hydrogens is 390 g/mol. The number of hydrogen-bond acceptors (Lipinski definition) is 5. The van der Waals surface area contributed by atoms with Crippen LogP contribution in [0.15, 0.2) is 65.3 Å². The van der Waals surface area contributed by atoms with Crippen LogP contribution >= 0.6 is 0 Å². The minimum atomic E-state index is -0.102. The lowest BCUT2D eigenvalue weighted by atomic mass is 10.1. The van der Waals surface area contributed by atoms with Crippen molar-refractivity contribution in [2.75, 3.05) is 27.2 Å².